The highest BCUT2D eigenvalue weighted by Crippen LogP contribution is 2.37. The number of allylic oxidation sites excluding steroid dienone is 3. The van der Waals surface area contributed by atoms with E-state index in [-0.39, 0.29) is 5.41 Å². The summed E-state index contributed by atoms with van der Waals surface area (Å²) in [6.07, 6.45) is 15.0. The Bertz CT molecular complexity index is 279. The average molecular weight is 248 g/mol. The summed E-state index contributed by atoms with van der Waals surface area (Å²) in [5.41, 5.74) is 0.290. The highest BCUT2D eigenvalue weighted by molar-refractivity contribution is 5.15. The summed E-state index contributed by atoms with van der Waals surface area (Å²) in [5.74, 6) is 1.50. The Morgan fingerprint density at radius 2 is 2.11 bits per heavy atom. The summed E-state index contributed by atoms with van der Waals surface area (Å²) in [5, 5.41) is 3.68. The van der Waals surface area contributed by atoms with Crippen molar-refractivity contribution in [2.45, 2.75) is 53.4 Å². The first-order chi connectivity index (χ1) is 8.64. The molecule has 18 heavy (non-hydrogen) atoms. The smallest absolute Gasteiger partial charge is 0.00756 e. The van der Waals surface area contributed by atoms with E-state index < -0.39 is 0 Å². The second-order valence-electron chi connectivity index (χ2n) is 5.97. The van der Waals surface area contributed by atoms with Gasteiger partial charge in [-0.25, -0.2) is 0 Å². The lowest BCUT2D eigenvalue weighted by molar-refractivity contribution is 0.216. The van der Waals surface area contributed by atoms with E-state index in [1.807, 2.05) is 0 Å². The molecule has 0 aromatic carbocycles. The topological polar surface area (TPSA) is 12.0 Å². The van der Waals surface area contributed by atoms with E-state index in [1.165, 1.54) is 19.3 Å². The van der Waals surface area contributed by atoms with Crippen LogP contribution in [0.2, 0.25) is 0 Å². The highest BCUT2D eigenvalue weighted by atomic mass is 14.9. The Labute approximate surface area is 114 Å². The van der Waals surface area contributed by atoms with E-state index in [4.69, 9.17) is 0 Å². The Balaban J connectivity index is 2.56. The first-order valence-electron chi connectivity index (χ1n) is 7.59. The van der Waals surface area contributed by atoms with E-state index in [1.54, 1.807) is 0 Å². The molecule has 0 spiro atoms. The molecule has 3 atom stereocenters. The molecule has 103 valence electrons. The van der Waals surface area contributed by atoms with E-state index >= 15 is 0 Å². The maximum Gasteiger partial charge on any atom is 0.00756 e. The predicted molar refractivity (Wildman–Crippen MR) is 80.4 cm³/mol. The third-order valence-corrected chi connectivity index (χ3v) is 4.42. The van der Waals surface area contributed by atoms with Crippen LogP contribution in [0.25, 0.3) is 0 Å². The molecule has 1 rings (SSSR count). The SMILES string of the molecule is CCCC(C)C1(CNCC(C)CC)C=CC=[C]C1. The van der Waals surface area contributed by atoms with Gasteiger partial charge in [0.1, 0.15) is 0 Å². The van der Waals surface area contributed by atoms with Crippen LogP contribution in [0.5, 0.6) is 0 Å². The summed E-state index contributed by atoms with van der Waals surface area (Å²) >= 11 is 0. The standard InChI is InChI=1S/C17H30N/c1-5-10-16(4)17(11-8-7-9-12-17)14-18-13-15(3)6-2/h7-8,11,15-16,18H,5-6,10,12-14H2,1-4H3. The van der Waals surface area contributed by atoms with Crippen molar-refractivity contribution in [2.24, 2.45) is 17.3 Å². The summed E-state index contributed by atoms with van der Waals surface area (Å²) < 4.78 is 0. The fourth-order valence-electron chi connectivity index (χ4n) is 2.67. The minimum atomic E-state index is 0.290. The van der Waals surface area contributed by atoms with Gasteiger partial charge in [0.15, 0.2) is 0 Å². The van der Waals surface area contributed by atoms with Gasteiger partial charge in [-0.3, -0.25) is 0 Å². The molecule has 0 saturated heterocycles. The minimum absolute atomic E-state index is 0.290. The minimum Gasteiger partial charge on any atom is -0.316 e. The first kappa shape index (κ1) is 15.5. The molecule has 0 saturated carbocycles. The molecular weight excluding hydrogens is 218 g/mol. The van der Waals surface area contributed by atoms with Crippen LogP contribution in [0.3, 0.4) is 0 Å². The zero-order valence-corrected chi connectivity index (χ0v) is 12.6. The predicted octanol–water partition coefficient (Wildman–Crippen LogP) is 4.36. The fourth-order valence-corrected chi connectivity index (χ4v) is 2.67. The Hall–Kier alpha value is -0.560. The maximum atomic E-state index is 3.68. The van der Waals surface area contributed by atoms with E-state index in [9.17, 15) is 0 Å². The molecule has 1 nitrogen and oxygen atoms in total. The molecule has 1 N–H and O–H groups in total. The van der Waals surface area contributed by atoms with Gasteiger partial charge in [-0.1, -0.05) is 65.2 Å². The lowest BCUT2D eigenvalue weighted by atomic mass is 9.70. The van der Waals surface area contributed by atoms with Gasteiger partial charge in [0.05, 0.1) is 0 Å². The normalized spacial score (nSPS) is 26.2. The molecule has 0 heterocycles. The van der Waals surface area contributed by atoms with Crippen LogP contribution >= 0.6 is 0 Å². The van der Waals surface area contributed by atoms with Crippen LogP contribution < -0.4 is 5.32 Å². The third-order valence-electron chi connectivity index (χ3n) is 4.42. The summed E-state index contributed by atoms with van der Waals surface area (Å²) in [4.78, 5) is 0. The van der Waals surface area contributed by atoms with Crippen LogP contribution in [0, 0.1) is 23.3 Å². The summed E-state index contributed by atoms with van der Waals surface area (Å²) in [6.45, 7) is 11.5. The monoisotopic (exact) mass is 248 g/mol. The van der Waals surface area contributed by atoms with E-state index in [0.717, 1.165) is 31.3 Å². The van der Waals surface area contributed by atoms with Crippen LogP contribution in [0.15, 0.2) is 18.2 Å². The van der Waals surface area contributed by atoms with Crippen molar-refractivity contribution >= 4 is 0 Å². The van der Waals surface area contributed by atoms with Gasteiger partial charge < -0.3 is 5.32 Å². The van der Waals surface area contributed by atoms with Crippen molar-refractivity contribution in [3.8, 4) is 0 Å². The van der Waals surface area contributed by atoms with Crippen LogP contribution in [0.4, 0.5) is 0 Å². The Morgan fingerprint density at radius 1 is 1.33 bits per heavy atom. The fraction of sp³-hybridized carbons (Fsp3) is 0.765. The van der Waals surface area contributed by atoms with Crippen LogP contribution in [0.1, 0.15) is 53.4 Å². The van der Waals surface area contributed by atoms with Crippen molar-refractivity contribution in [1.82, 2.24) is 5.32 Å². The van der Waals surface area contributed by atoms with Crippen molar-refractivity contribution < 1.29 is 0 Å². The molecule has 0 bridgehead atoms. The molecule has 1 heteroatoms. The molecule has 0 amide bonds. The highest BCUT2D eigenvalue weighted by Gasteiger charge is 2.32. The Kier molecular flexibility index (Phi) is 6.70. The van der Waals surface area contributed by atoms with Crippen molar-refractivity contribution in [2.75, 3.05) is 13.1 Å². The molecule has 0 aromatic heterocycles. The molecule has 1 aliphatic rings. The van der Waals surface area contributed by atoms with Gasteiger partial charge >= 0.3 is 0 Å². The zero-order chi connectivity index (χ0) is 13.4. The van der Waals surface area contributed by atoms with Crippen molar-refractivity contribution in [3.63, 3.8) is 0 Å². The quantitative estimate of drug-likeness (QED) is 0.673. The molecule has 1 radical (unpaired) electrons. The Morgan fingerprint density at radius 3 is 2.67 bits per heavy atom. The summed E-state index contributed by atoms with van der Waals surface area (Å²) in [6, 6.07) is 0. The third kappa shape index (κ3) is 4.28. The lowest BCUT2D eigenvalue weighted by Crippen LogP contribution is -2.40. The van der Waals surface area contributed by atoms with Crippen molar-refractivity contribution in [3.05, 3.63) is 24.3 Å². The molecule has 0 aliphatic heterocycles. The van der Waals surface area contributed by atoms with Crippen LogP contribution in [-0.4, -0.2) is 13.1 Å². The number of hydrogen-bond acceptors (Lipinski definition) is 1. The van der Waals surface area contributed by atoms with Gasteiger partial charge in [-0.05, 0) is 30.9 Å². The molecule has 0 fully saturated rings. The second-order valence-corrected chi connectivity index (χ2v) is 5.97. The molecular formula is C17H30N. The van der Waals surface area contributed by atoms with E-state index in [0.29, 0.717) is 0 Å². The molecule has 3 unspecified atom stereocenters. The van der Waals surface area contributed by atoms with Gasteiger partial charge in [-0.2, -0.15) is 0 Å². The number of hydrogen-bond donors (Lipinski definition) is 1. The molecule has 0 aromatic rings. The number of rotatable bonds is 8. The zero-order valence-electron chi connectivity index (χ0n) is 12.6. The second kappa shape index (κ2) is 7.78. The first-order valence-corrected chi connectivity index (χ1v) is 7.59. The lowest BCUT2D eigenvalue weighted by Gasteiger charge is -2.38. The summed E-state index contributed by atoms with van der Waals surface area (Å²) in [7, 11) is 0. The van der Waals surface area contributed by atoms with Crippen molar-refractivity contribution in [1.29, 1.82) is 0 Å². The maximum absolute atomic E-state index is 3.68. The van der Waals surface area contributed by atoms with Gasteiger partial charge in [0.2, 0.25) is 0 Å². The van der Waals surface area contributed by atoms with Gasteiger partial charge in [-0.15, -0.1) is 0 Å². The average Bonchev–Trinajstić information content (AvgIpc) is 2.40. The molecule has 1 aliphatic carbocycles. The van der Waals surface area contributed by atoms with Gasteiger partial charge in [0.25, 0.3) is 0 Å². The van der Waals surface area contributed by atoms with Gasteiger partial charge in [0, 0.05) is 12.0 Å². The van der Waals surface area contributed by atoms with Crippen LogP contribution in [-0.2, 0) is 0 Å². The number of nitrogens with one attached hydrogen (secondary N) is 1. The van der Waals surface area contributed by atoms with E-state index in [2.05, 4.69) is 57.3 Å². The largest absolute Gasteiger partial charge is 0.316 e.